The van der Waals surface area contributed by atoms with E-state index in [-0.39, 0.29) is 0 Å². The molecule has 0 unspecified atom stereocenters. The average Bonchev–Trinajstić information content (AvgIpc) is 2.33. The van der Waals surface area contributed by atoms with Crippen LogP contribution in [0, 0.1) is 0 Å². The second kappa shape index (κ2) is 8.88. The Bertz CT molecular complexity index is 318. The largest absolute Gasteiger partial charge is 0.377 e. The summed E-state index contributed by atoms with van der Waals surface area (Å²) in [4.78, 5) is 0. The maximum Gasteiger partial charge on any atom is 0.266 e. The Morgan fingerprint density at radius 2 is 1.82 bits per heavy atom. The predicted molar refractivity (Wildman–Crippen MR) is 64.9 cm³/mol. The second-order valence-electron chi connectivity index (χ2n) is 3.88. The Kier molecular flexibility index (Phi) is 7.23. The molecule has 1 aromatic carbocycles. The summed E-state index contributed by atoms with van der Waals surface area (Å²) < 4.78 is 28.9. The van der Waals surface area contributed by atoms with Crippen LogP contribution in [0.4, 0.5) is 8.78 Å². The molecule has 0 spiro atoms. The Morgan fingerprint density at radius 3 is 2.53 bits per heavy atom. The maximum absolute atomic E-state index is 11.7. The van der Waals surface area contributed by atoms with E-state index in [2.05, 4.69) is 0 Å². The fourth-order valence-electron chi connectivity index (χ4n) is 1.50. The standard InChI is InChI=1S/C14H18F2O/c15-14(16)10-6-1-2-7-11-17-12-13-8-4-3-5-9-13/h3-5,8-10H,1-2,6-7,11-12H2. The molecule has 17 heavy (non-hydrogen) atoms. The van der Waals surface area contributed by atoms with Gasteiger partial charge >= 0.3 is 0 Å². The van der Waals surface area contributed by atoms with Gasteiger partial charge in [0.1, 0.15) is 0 Å². The highest BCUT2D eigenvalue weighted by Gasteiger charge is 1.93. The summed E-state index contributed by atoms with van der Waals surface area (Å²) in [5.41, 5.74) is 1.16. The van der Waals surface area contributed by atoms with Crippen molar-refractivity contribution in [1.82, 2.24) is 0 Å². The third kappa shape index (κ3) is 7.64. The number of rotatable bonds is 8. The number of unbranched alkanes of at least 4 members (excludes halogenated alkanes) is 3. The molecule has 0 atom stereocenters. The van der Waals surface area contributed by atoms with Gasteiger partial charge in [0.2, 0.25) is 0 Å². The molecule has 0 aliphatic heterocycles. The molecule has 1 aromatic rings. The van der Waals surface area contributed by atoms with Crippen LogP contribution in [0.2, 0.25) is 0 Å². The summed E-state index contributed by atoms with van der Waals surface area (Å²) in [7, 11) is 0. The SMILES string of the molecule is FC(F)=CCCCCCOCc1ccccc1. The molecular formula is C14H18F2O. The van der Waals surface area contributed by atoms with Crippen molar-refractivity contribution in [2.45, 2.75) is 32.3 Å². The van der Waals surface area contributed by atoms with Crippen molar-refractivity contribution in [3.8, 4) is 0 Å². The van der Waals surface area contributed by atoms with Gasteiger partial charge in [-0.1, -0.05) is 36.8 Å². The Labute approximate surface area is 101 Å². The quantitative estimate of drug-likeness (QED) is 0.606. The number of hydrogen-bond donors (Lipinski definition) is 0. The number of allylic oxidation sites excluding steroid dienone is 1. The summed E-state index contributed by atoms with van der Waals surface area (Å²) in [5, 5.41) is 0. The summed E-state index contributed by atoms with van der Waals surface area (Å²) in [6, 6.07) is 9.98. The molecule has 1 rings (SSSR count). The normalized spacial score (nSPS) is 10.2. The van der Waals surface area contributed by atoms with Crippen molar-refractivity contribution in [1.29, 1.82) is 0 Å². The van der Waals surface area contributed by atoms with E-state index in [1.807, 2.05) is 30.3 Å². The second-order valence-corrected chi connectivity index (χ2v) is 3.88. The van der Waals surface area contributed by atoms with Crippen molar-refractivity contribution < 1.29 is 13.5 Å². The highest BCUT2D eigenvalue weighted by molar-refractivity contribution is 5.13. The minimum atomic E-state index is -1.58. The van der Waals surface area contributed by atoms with E-state index in [0.717, 1.165) is 30.9 Å². The van der Waals surface area contributed by atoms with Crippen LogP contribution in [0.25, 0.3) is 0 Å². The van der Waals surface area contributed by atoms with Crippen LogP contribution in [0.15, 0.2) is 42.5 Å². The van der Waals surface area contributed by atoms with E-state index < -0.39 is 6.08 Å². The first-order valence-electron chi connectivity index (χ1n) is 5.92. The van der Waals surface area contributed by atoms with Gasteiger partial charge in [-0.25, -0.2) is 0 Å². The van der Waals surface area contributed by atoms with Gasteiger partial charge in [-0.15, -0.1) is 0 Å². The minimum Gasteiger partial charge on any atom is -0.377 e. The van der Waals surface area contributed by atoms with E-state index in [1.165, 1.54) is 0 Å². The first-order chi connectivity index (χ1) is 8.29. The van der Waals surface area contributed by atoms with Gasteiger partial charge in [0.15, 0.2) is 0 Å². The zero-order valence-electron chi connectivity index (χ0n) is 9.87. The minimum absolute atomic E-state index is 0.459. The van der Waals surface area contributed by atoms with E-state index in [9.17, 15) is 8.78 Å². The summed E-state index contributed by atoms with van der Waals surface area (Å²) in [5.74, 6) is 0. The molecule has 0 aliphatic carbocycles. The molecule has 0 heterocycles. The van der Waals surface area contributed by atoms with Crippen LogP contribution >= 0.6 is 0 Å². The molecule has 0 bridgehead atoms. The molecule has 3 heteroatoms. The Balaban J connectivity index is 1.93. The van der Waals surface area contributed by atoms with Gasteiger partial charge in [0.05, 0.1) is 6.61 Å². The summed E-state index contributed by atoms with van der Waals surface area (Å²) in [6.07, 6.45) is 2.51. The molecule has 0 radical (unpaired) electrons. The lowest BCUT2D eigenvalue weighted by Crippen LogP contribution is -1.95. The van der Waals surface area contributed by atoms with Crippen molar-refractivity contribution in [3.63, 3.8) is 0 Å². The number of hydrogen-bond acceptors (Lipinski definition) is 1. The van der Waals surface area contributed by atoms with Gasteiger partial charge in [-0.2, -0.15) is 8.78 Å². The molecular weight excluding hydrogens is 222 g/mol. The molecule has 0 fully saturated rings. The number of benzene rings is 1. The van der Waals surface area contributed by atoms with Crippen LogP contribution in [0.1, 0.15) is 31.2 Å². The van der Waals surface area contributed by atoms with Gasteiger partial charge in [-0.3, -0.25) is 0 Å². The molecule has 0 amide bonds. The first-order valence-corrected chi connectivity index (χ1v) is 5.92. The van der Waals surface area contributed by atoms with Crippen LogP contribution in [-0.4, -0.2) is 6.61 Å². The number of halogens is 2. The van der Waals surface area contributed by atoms with Crippen molar-refractivity contribution in [2.75, 3.05) is 6.61 Å². The lowest BCUT2D eigenvalue weighted by atomic mass is 10.2. The van der Waals surface area contributed by atoms with Crippen molar-refractivity contribution >= 4 is 0 Å². The molecule has 1 nitrogen and oxygen atoms in total. The molecule has 0 aromatic heterocycles. The third-order valence-electron chi connectivity index (χ3n) is 2.40. The predicted octanol–water partition coefficient (Wildman–Crippen LogP) is 4.54. The van der Waals surface area contributed by atoms with Gasteiger partial charge in [0.25, 0.3) is 6.08 Å². The average molecular weight is 240 g/mol. The highest BCUT2D eigenvalue weighted by atomic mass is 19.3. The molecule has 0 saturated carbocycles. The summed E-state index contributed by atoms with van der Waals surface area (Å²) >= 11 is 0. The highest BCUT2D eigenvalue weighted by Crippen LogP contribution is 2.06. The zero-order chi connectivity index (χ0) is 12.3. The Morgan fingerprint density at radius 1 is 1.06 bits per heavy atom. The summed E-state index contributed by atoms with van der Waals surface area (Å²) in [6.45, 7) is 1.32. The van der Waals surface area contributed by atoms with Gasteiger partial charge < -0.3 is 4.74 Å². The molecule has 94 valence electrons. The van der Waals surface area contributed by atoms with Crippen LogP contribution in [0.5, 0.6) is 0 Å². The maximum atomic E-state index is 11.7. The van der Waals surface area contributed by atoms with E-state index in [4.69, 9.17) is 4.74 Å². The van der Waals surface area contributed by atoms with Crippen molar-refractivity contribution in [2.24, 2.45) is 0 Å². The third-order valence-corrected chi connectivity index (χ3v) is 2.40. The van der Waals surface area contributed by atoms with Crippen LogP contribution in [-0.2, 0) is 11.3 Å². The zero-order valence-corrected chi connectivity index (χ0v) is 9.87. The smallest absolute Gasteiger partial charge is 0.266 e. The van der Waals surface area contributed by atoms with E-state index in [1.54, 1.807) is 0 Å². The van der Waals surface area contributed by atoms with Gasteiger partial charge in [-0.05, 0) is 30.9 Å². The lowest BCUT2D eigenvalue weighted by molar-refractivity contribution is 0.117. The lowest BCUT2D eigenvalue weighted by Gasteiger charge is -2.03. The monoisotopic (exact) mass is 240 g/mol. The van der Waals surface area contributed by atoms with Crippen molar-refractivity contribution in [3.05, 3.63) is 48.1 Å². The van der Waals surface area contributed by atoms with E-state index >= 15 is 0 Å². The van der Waals surface area contributed by atoms with E-state index in [0.29, 0.717) is 19.6 Å². The fourth-order valence-corrected chi connectivity index (χ4v) is 1.50. The Hall–Kier alpha value is -1.22. The molecule has 0 aliphatic rings. The fraction of sp³-hybridized carbons (Fsp3) is 0.429. The number of ether oxygens (including phenoxy) is 1. The van der Waals surface area contributed by atoms with Crippen LogP contribution < -0.4 is 0 Å². The van der Waals surface area contributed by atoms with Crippen LogP contribution in [0.3, 0.4) is 0 Å². The topological polar surface area (TPSA) is 9.23 Å². The molecule has 0 saturated heterocycles. The molecule has 0 N–H and O–H groups in total. The van der Waals surface area contributed by atoms with Gasteiger partial charge in [0, 0.05) is 6.61 Å². The first kappa shape index (κ1) is 13.8.